The van der Waals surface area contributed by atoms with Gasteiger partial charge in [0, 0.05) is 56.0 Å². The van der Waals surface area contributed by atoms with E-state index >= 15 is 0 Å². The first-order valence-electron chi connectivity index (χ1n) is 11.0. The fourth-order valence-electron chi connectivity index (χ4n) is 4.40. The summed E-state index contributed by atoms with van der Waals surface area (Å²) in [6.45, 7) is 5.02. The number of benzene rings is 1. The van der Waals surface area contributed by atoms with Gasteiger partial charge in [-0.05, 0) is 47.7 Å². The van der Waals surface area contributed by atoms with Gasteiger partial charge in [0.25, 0.3) is 5.91 Å². The molecule has 7 nitrogen and oxygen atoms in total. The molecule has 1 amide bonds. The van der Waals surface area contributed by atoms with Crippen LogP contribution in [0, 0.1) is 6.92 Å². The number of carbonyl (C=O) groups excluding carboxylic acids is 1. The first kappa shape index (κ1) is 21.0. The number of furan rings is 1. The highest BCUT2D eigenvalue weighted by Gasteiger charge is 2.22. The third-order valence-corrected chi connectivity index (χ3v) is 6.09. The van der Waals surface area contributed by atoms with Gasteiger partial charge < -0.3 is 9.73 Å². The summed E-state index contributed by atoms with van der Waals surface area (Å²) >= 11 is 0. The third kappa shape index (κ3) is 4.54. The first-order valence-corrected chi connectivity index (χ1v) is 11.0. The number of pyridine rings is 1. The molecule has 33 heavy (non-hydrogen) atoms. The van der Waals surface area contributed by atoms with Gasteiger partial charge >= 0.3 is 0 Å². The minimum absolute atomic E-state index is 0.230. The van der Waals surface area contributed by atoms with Crippen LogP contribution in [0.25, 0.3) is 11.3 Å². The molecular formula is C26H25N5O2. The average Bonchev–Trinajstić information content (AvgIpc) is 3.39. The lowest BCUT2D eigenvalue weighted by Crippen LogP contribution is -2.32. The Bertz CT molecular complexity index is 1260. The second kappa shape index (κ2) is 9.34. The summed E-state index contributed by atoms with van der Waals surface area (Å²) in [5.41, 5.74) is 7.23. The van der Waals surface area contributed by atoms with Crippen molar-refractivity contribution in [2.24, 2.45) is 0 Å². The van der Waals surface area contributed by atoms with E-state index in [1.807, 2.05) is 31.3 Å². The zero-order valence-corrected chi connectivity index (χ0v) is 18.5. The fourth-order valence-corrected chi connectivity index (χ4v) is 4.40. The summed E-state index contributed by atoms with van der Waals surface area (Å²) in [5, 5.41) is 2.97. The highest BCUT2D eigenvalue weighted by Crippen LogP contribution is 2.28. The Kier molecular flexibility index (Phi) is 5.95. The van der Waals surface area contributed by atoms with Crippen LogP contribution < -0.4 is 5.32 Å². The minimum atomic E-state index is -0.230. The molecule has 0 radical (unpaired) electrons. The van der Waals surface area contributed by atoms with Gasteiger partial charge in [0.2, 0.25) is 0 Å². The summed E-state index contributed by atoms with van der Waals surface area (Å²) < 4.78 is 5.64. The minimum Gasteiger partial charge on any atom is -0.464 e. The van der Waals surface area contributed by atoms with Gasteiger partial charge in [0.1, 0.15) is 11.5 Å². The quantitative estimate of drug-likeness (QED) is 0.490. The molecule has 0 saturated carbocycles. The second-order valence-corrected chi connectivity index (χ2v) is 8.19. The lowest BCUT2D eigenvalue weighted by Gasteiger charge is -2.31. The predicted octanol–water partition coefficient (Wildman–Crippen LogP) is 3.93. The number of hydrogen-bond acceptors (Lipinski definition) is 6. The Labute approximate surface area is 192 Å². The van der Waals surface area contributed by atoms with Gasteiger partial charge in [-0.15, -0.1) is 0 Å². The summed E-state index contributed by atoms with van der Waals surface area (Å²) in [7, 11) is 0. The van der Waals surface area contributed by atoms with E-state index in [1.54, 1.807) is 12.5 Å². The van der Waals surface area contributed by atoms with Crippen molar-refractivity contribution in [2.45, 2.75) is 33.0 Å². The van der Waals surface area contributed by atoms with Gasteiger partial charge in [0.05, 0.1) is 12.5 Å². The number of nitrogens with one attached hydrogen (secondary N) is 1. The van der Waals surface area contributed by atoms with Gasteiger partial charge in [-0.3, -0.25) is 19.7 Å². The van der Waals surface area contributed by atoms with E-state index in [2.05, 4.69) is 43.4 Å². The van der Waals surface area contributed by atoms with Gasteiger partial charge in [0.15, 0.2) is 0 Å². The monoisotopic (exact) mass is 439 g/mol. The number of amides is 1. The number of rotatable bonds is 6. The van der Waals surface area contributed by atoms with Crippen molar-refractivity contribution in [1.82, 2.24) is 25.2 Å². The van der Waals surface area contributed by atoms with Gasteiger partial charge in [-0.2, -0.15) is 0 Å². The van der Waals surface area contributed by atoms with E-state index in [1.165, 1.54) is 29.1 Å². The summed E-state index contributed by atoms with van der Waals surface area (Å²) in [6.07, 6.45) is 9.14. The van der Waals surface area contributed by atoms with Crippen molar-refractivity contribution in [2.75, 3.05) is 6.54 Å². The van der Waals surface area contributed by atoms with E-state index < -0.39 is 0 Å². The molecule has 166 valence electrons. The first-order chi connectivity index (χ1) is 16.2. The highest BCUT2D eigenvalue weighted by molar-refractivity contribution is 5.91. The van der Waals surface area contributed by atoms with Crippen LogP contribution in [-0.4, -0.2) is 32.3 Å². The lowest BCUT2D eigenvalue weighted by atomic mass is 9.94. The van der Waals surface area contributed by atoms with Crippen LogP contribution in [-0.2, 0) is 26.1 Å². The van der Waals surface area contributed by atoms with Crippen molar-refractivity contribution < 1.29 is 9.21 Å². The SMILES string of the molecule is Cc1ncc2c(c1CNC(=O)c1cnccn1)CCN(Cc1ccccc1-c1ccco1)C2. The molecule has 1 N–H and O–H groups in total. The molecule has 5 rings (SSSR count). The standard InChI is InChI=1S/C26H25N5O2/c1-18-23(14-30-26(32)24-15-27-9-10-28-24)21-8-11-31(17-20(21)13-29-18)16-19-5-2-3-6-22(19)25-7-4-12-33-25/h2-7,9-10,12-13,15H,8,11,14,16-17H2,1H3,(H,30,32). The topological polar surface area (TPSA) is 84.2 Å². The normalized spacial score (nSPS) is 13.5. The number of nitrogens with zero attached hydrogens (tertiary/aromatic N) is 4. The lowest BCUT2D eigenvalue weighted by molar-refractivity contribution is 0.0945. The van der Waals surface area contributed by atoms with Crippen molar-refractivity contribution in [1.29, 1.82) is 0 Å². The number of aromatic nitrogens is 3. The van der Waals surface area contributed by atoms with Crippen LogP contribution >= 0.6 is 0 Å². The molecule has 3 aromatic heterocycles. The Balaban J connectivity index is 1.31. The summed E-state index contributed by atoms with van der Waals surface area (Å²) in [6, 6.07) is 12.3. The second-order valence-electron chi connectivity index (χ2n) is 8.19. The summed E-state index contributed by atoms with van der Waals surface area (Å²) in [5.74, 6) is 0.661. The number of aryl methyl sites for hydroxylation is 1. The van der Waals surface area contributed by atoms with Crippen LogP contribution in [0.3, 0.4) is 0 Å². The average molecular weight is 440 g/mol. The smallest absolute Gasteiger partial charge is 0.271 e. The van der Waals surface area contributed by atoms with Crippen LogP contribution in [0.4, 0.5) is 0 Å². The summed E-state index contributed by atoms with van der Waals surface area (Å²) in [4.78, 5) is 27.5. The van der Waals surface area contributed by atoms with Gasteiger partial charge in [-0.25, -0.2) is 4.98 Å². The molecular weight excluding hydrogens is 414 g/mol. The molecule has 1 aromatic carbocycles. The van der Waals surface area contributed by atoms with Crippen LogP contribution in [0.5, 0.6) is 0 Å². The van der Waals surface area contributed by atoms with Gasteiger partial charge in [-0.1, -0.05) is 24.3 Å². The molecule has 4 aromatic rings. The molecule has 0 atom stereocenters. The Hall–Kier alpha value is -3.84. The van der Waals surface area contributed by atoms with E-state index in [9.17, 15) is 4.79 Å². The molecule has 7 heteroatoms. The highest BCUT2D eigenvalue weighted by atomic mass is 16.3. The molecule has 0 unspecified atom stereocenters. The van der Waals surface area contributed by atoms with E-state index in [0.29, 0.717) is 12.2 Å². The molecule has 1 aliphatic rings. The Morgan fingerprint density at radius 2 is 2.03 bits per heavy atom. The largest absolute Gasteiger partial charge is 0.464 e. The zero-order chi connectivity index (χ0) is 22.6. The Morgan fingerprint density at radius 3 is 2.85 bits per heavy atom. The Morgan fingerprint density at radius 1 is 1.12 bits per heavy atom. The molecule has 0 saturated heterocycles. The number of fused-ring (bicyclic) bond motifs is 1. The van der Waals surface area contributed by atoms with E-state index in [0.717, 1.165) is 48.6 Å². The van der Waals surface area contributed by atoms with E-state index in [4.69, 9.17) is 4.42 Å². The van der Waals surface area contributed by atoms with Crippen molar-refractivity contribution in [3.8, 4) is 11.3 Å². The molecule has 4 heterocycles. The molecule has 0 fully saturated rings. The maximum Gasteiger partial charge on any atom is 0.271 e. The van der Waals surface area contributed by atoms with Crippen molar-refractivity contribution in [3.05, 3.63) is 101 Å². The number of hydrogen-bond donors (Lipinski definition) is 1. The molecule has 0 bridgehead atoms. The van der Waals surface area contributed by atoms with Crippen molar-refractivity contribution in [3.63, 3.8) is 0 Å². The van der Waals surface area contributed by atoms with E-state index in [-0.39, 0.29) is 5.91 Å². The van der Waals surface area contributed by atoms with Crippen LogP contribution in [0.2, 0.25) is 0 Å². The maximum atomic E-state index is 12.4. The van der Waals surface area contributed by atoms with Crippen molar-refractivity contribution >= 4 is 5.91 Å². The van der Waals surface area contributed by atoms with Crippen LogP contribution in [0.15, 0.2) is 71.9 Å². The fraction of sp³-hybridized carbons (Fsp3) is 0.231. The zero-order valence-electron chi connectivity index (χ0n) is 18.5. The molecule has 0 spiro atoms. The number of carbonyl (C=O) groups is 1. The van der Waals surface area contributed by atoms with Crippen LogP contribution in [0.1, 0.15) is 38.4 Å². The maximum absolute atomic E-state index is 12.4. The molecule has 0 aliphatic carbocycles. The third-order valence-electron chi connectivity index (χ3n) is 6.09. The molecule has 1 aliphatic heterocycles. The predicted molar refractivity (Wildman–Crippen MR) is 124 cm³/mol.